The highest BCUT2D eigenvalue weighted by Gasteiger charge is 2.42. The van der Waals surface area contributed by atoms with E-state index in [1.807, 2.05) is 17.0 Å². The number of hydrogen-bond acceptors (Lipinski definition) is 7. The van der Waals surface area contributed by atoms with Gasteiger partial charge in [-0.05, 0) is 48.2 Å². The summed E-state index contributed by atoms with van der Waals surface area (Å²) in [4.78, 5) is 44.1. The van der Waals surface area contributed by atoms with Crippen LogP contribution < -0.4 is 16.2 Å². The van der Waals surface area contributed by atoms with E-state index >= 15 is 4.39 Å². The number of rotatable bonds is 4. The Bertz CT molecular complexity index is 1510. The number of ether oxygens (including phenoxy) is 1. The molecule has 2 amide bonds. The molecule has 10 nitrogen and oxygen atoms in total. The molecule has 5 rings (SSSR count). The van der Waals surface area contributed by atoms with Crippen molar-refractivity contribution in [1.82, 2.24) is 19.6 Å². The molecule has 42 heavy (non-hydrogen) atoms. The quantitative estimate of drug-likeness (QED) is 0.471. The van der Waals surface area contributed by atoms with Crippen LogP contribution >= 0.6 is 0 Å². The number of halogens is 2. The van der Waals surface area contributed by atoms with Crippen LogP contribution in [0, 0.1) is 17.6 Å². The molecule has 2 fully saturated rings. The molecule has 3 aromatic rings. The van der Waals surface area contributed by atoms with Gasteiger partial charge in [0.15, 0.2) is 0 Å². The number of nitrogens with zero attached hydrogens (tertiary/aromatic N) is 5. The van der Waals surface area contributed by atoms with Gasteiger partial charge in [-0.3, -0.25) is 14.5 Å². The van der Waals surface area contributed by atoms with Gasteiger partial charge in [-0.2, -0.15) is 5.10 Å². The molecule has 12 heteroatoms. The fourth-order valence-electron chi connectivity index (χ4n) is 6.00. The lowest BCUT2D eigenvalue weighted by Gasteiger charge is -2.37. The van der Waals surface area contributed by atoms with E-state index in [0.717, 1.165) is 11.6 Å². The summed E-state index contributed by atoms with van der Waals surface area (Å²) >= 11 is 0. The lowest BCUT2D eigenvalue weighted by Crippen LogP contribution is -2.47. The molecule has 2 aliphatic rings. The number of carbonyl (C=O) groups excluding carboxylic acids is 2. The summed E-state index contributed by atoms with van der Waals surface area (Å²) in [7, 11) is 2.86. The summed E-state index contributed by atoms with van der Waals surface area (Å²) in [5.41, 5.74) is 7.38. The van der Waals surface area contributed by atoms with E-state index in [2.05, 4.69) is 5.10 Å². The molecule has 0 aliphatic carbocycles. The molecule has 3 heterocycles. The number of anilines is 2. The van der Waals surface area contributed by atoms with E-state index in [4.69, 9.17) is 10.5 Å². The zero-order valence-corrected chi connectivity index (χ0v) is 23.6. The maximum Gasteiger partial charge on any atom is 0.410 e. The number of carbonyl (C=O) groups is 2. The van der Waals surface area contributed by atoms with E-state index in [9.17, 15) is 18.8 Å². The summed E-state index contributed by atoms with van der Waals surface area (Å²) in [6, 6.07) is 13.5. The summed E-state index contributed by atoms with van der Waals surface area (Å²) in [5, 5.41) is 4.32. The number of methoxy groups -OCH3 is 1. The fourth-order valence-corrected chi connectivity index (χ4v) is 6.00. The molecule has 2 aliphatic heterocycles. The average Bonchev–Trinajstić information content (AvgIpc) is 3.40. The molecule has 1 aromatic heterocycles. The van der Waals surface area contributed by atoms with Crippen LogP contribution in [0.5, 0.6) is 0 Å². The Morgan fingerprint density at radius 1 is 1.00 bits per heavy atom. The minimum absolute atomic E-state index is 0.188. The van der Waals surface area contributed by atoms with Gasteiger partial charge >= 0.3 is 6.09 Å². The number of nitrogens with two attached hydrogens (primary N) is 1. The van der Waals surface area contributed by atoms with Gasteiger partial charge in [0.25, 0.3) is 5.56 Å². The van der Waals surface area contributed by atoms with Crippen LogP contribution in [0.25, 0.3) is 0 Å². The summed E-state index contributed by atoms with van der Waals surface area (Å²) < 4.78 is 35.1. The van der Waals surface area contributed by atoms with Crippen LogP contribution in [0.3, 0.4) is 0 Å². The molecule has 0 radical (unpaired) electrons. The Hall–Kier alpha value is -4.48. The lowest BCUT2D eigenvalue weighted by atomic mass is 9.87. The van der Waals surface area contributed by atoms with Crippen molar-refractivity contribution in [3.8, 4) is 0 Å². The Balaban J connectivity index is 1.41. The second-order valence-electron chi connectivity index (χ2n) is 10.8. The van der Waals surface area contributed by atoms with Gasteiger partial charge in [0.05, 0.1) is 19.1 Å². The van der Waals surface area contributed by atoms with Crippen molar-refractivity contribution >= 4 is 23.5 Å². The highest BCUT2D eigenvalue weighted by molar-refractivity contribution is 5.82. The zero-order chi connectivity index (χ0) is 30.0. The first-order chi connectivity index (χ1) is 20.2. The van der Waals surface area contributed by atoms with Crippen LogP contribution in [0.2, 0.25) is 0 Å². The number of benzene rings is 2. The monoisotopic (exact) mass is 580 g/mol. The largest absolute Gasteiger partial charge is 0.453 e. The van der Waals surface area contributed by atoms with Crippen molar-refractivity contribution in [3.05, 3.63) is 87.7 Å². The van der Waals surface area contributed by atoms with Crippen molar-refractivity contribution in [1.29, 1.82) is 0 Å². The molecule has 3 atom stereocenters. The first-order valence-corrected chi connectivity index (χ1v) is 13.9. The molecular weight excluding hydrogens is 546 g/mol. The predicted molar refractivity (Wildman–Crippen MR) is 153 cm³/mol. The van der Waals surface area contributed by atoms with Gasteiger partial charge in [0, 0.05) is 63.5 Å². The van der Waals surface area contributed by atoms with E-state index in [-0.39, 0.29) is 49.3 Å². The van der Waals surface area contributed by atoms with E-state index in [1.165, 1.54) is 37.0 Å². The van der Waals surface area contributed by atoms with Gasteiger partial charge in [0.1, 0.15) is 17.5 Å². The molecule has 0 unspecified atom stereocenters. The molecule has 0 saturated carbocycles. The van der Waals surface area contributed by atoms with Gasteiger partial charge in [-0.1, -0.05) is 18.2 Å². The van der Waals surface area contributed by atoms with Crippen LogP contribution in [-0.2, 0) is 16.6 Å². The van der Waals surface area contributed by atoms with Gasteiger partial charge in [-0.15, -0.1) is 0 Å². The summed E-state index contributed by atoms with van der Waals surface area (Å²) in [5.74, 6) is -2.37. The summed E-state index contributed by atoms with van der Waals surface area (Å²) in [6.07, 6.45) is 0.713. The van der Waals surface area contributed by atoms with Crippen molar-refractivity contribution in [2.24, 2.45) is 13.0 Å². The first kappa shape index (κ1) is 29.0. The standard InChI is InChI=1S/C30H34F2N6O4/c1-35-28(39)12-11-27(34-35)37-17-23(22-10-7-20(31)16-25(22)32)24(18-37)29(40)36-13-3-4-26(19-5-8-21(33)9-6-19)38(15-14-36)30(41)42-2/h5-12,16,23-24,26H,3-4,13-15,17-18,33H2,1-2H3/t23-,24+,26-/m0/s1. The lowest BCUT2D eigenvalue weighted by molar-refractivity contribution is -0.136. The Morgan fingerprint density at radius 2 is 1.76 bits per heavy atom. The fraction of sp³-hybridized carbons (Fsp3) is 0.400. The zero-order valence-electron chi connectivity index (χ0n) is 23.6. The number of amides is 2. The molecule has 0 bridgehead atoms. The molecule has 0 spiro atoms. The smallest absolute Gasteiger partial charge is 0.410 e. The van der Waals surface area contributed by atoms with Crippen molar-refractivity contribution in [3.63, 3.8) is 0 Å². The molecule has 2 saturated heterocycles. The minimum Gasteiger partial charge on any atom is -0.453 e. The number of aromatic nitrogens is 2. The third-order valence-corrected chi connectivity index (χ3v) is 8.20. The van der Waals surface area contributed by atoms with Crippen molar-refractivity contribution in [2.45, 2.75) is 24.8 Å². The van der Waals surface area contributed by atoms with E-state index in [0.29, 0.717) is 30.9 Å². The second-order valence-corrected chi connectivity index (χ2v) is 10.8. The molecule has 2 N–H and O–H groups in total. The topological polar surface area (TPSA) is 114 Å². The van der Waals surface area contributed by atoms with Gasteiger partial charge < -0.3 is 20.3 Å². The molecule has 222 valence electrons. The number of aryl methyl sites for hydroxylation is 1. The molecular formula is C30H34F2N6O4. The highest BCUT2D eigenvalue weighted by atomic mass is 19.1. The Kier molecular flexibility index (Phi) is 8.41. The van der Waals surface area contributed by atoms with Crippen molar-refractivity contribution in [2.75, 3.05) is 50.5 Å². The van der Waals surface area contributed by atoms with Gasteiger partial charge in [-0.25, -0.2) is 18.3 Å². The Morgan fingerprint density at radius 3 is 2.45 bits per heavy atom. The van der Waals surface area contributed by atoms with Crippen LogP contribution in [0.1, 0.15) is 35.9 Å². The minimum atomic E-state index is -0.719. The third kappa shape index (κ3) is 5.93. The van der Waals surface area contributed by atoms with Crippen molar-refractivity contribution < 1.29 is 23.1 Å². The third-order valence-electron chi connectivity index (χ3n) is 8.20. The number of hydrogen-bond donors (Lipinski definition) is 1. The predicted octanol–water partition coefficient (Wildman–Crippen LogP) is 3.29. The van der Waals surface area contributed by atoms with Crippen LogP contribution in [0.4, 0.5) is 25.1 Å². The van der Waals surface area contributed by atoms with E-state index in [1.54, 1.807) is 28.0 Å². The molecule has 2 aromatic carbocycles. The average molecular weight is 581 g/mol. The SMILES string of the molecule is COC(=O)N1CCN(C(=O)[C@@H]2CN(c3ccc(=O)n(C)n3)C[C@H]2c2ccc(F)cc2F)CCC[C@H]1c1ccc(N)cc1. The van der Waals surface area contributed by atoms with Crippen LogP contribution in [-0.4, -0.2) is 71.4 Å². The normalized spacial score (nSPS) is 21.1. The second kappa shape index (κ2) is 12.2. The highest BCUT2D eigenvalue weighted by Crippen LogP contribution is 2.38. The first-order valence-electron chi connectivity index (χ1n) is 13.9. The van der Waals surface area contributed by atoms with E-state index < -0.39 is 29.6 Å². The maximum absolute atomic E-state index is 15.0. The Labute approximate surface area is 242 Å². The summed E-state index contributed by atoms with van der Waals surface area (Å²) in [6.45, 7) is 1.43. The maximum atomic E-state index is 15.0. The number of nitrogen functional groups attached to an aromatic ring is 1. The van der Waals surface area contributed by atoms with Gasteiger partial charge in [0.2, 0.25) is 5.91 Å². The van der Waals surface area contributed by atoms with Crippen LogP contribution in [0.15, 0.2) is 59.4 Å².